The number of hydrogen-bond acceptors (Lipinski definition) is 23. The summed E-state index contributed by atoms with van der Waals surface area (Å²) in [5.41, 5.74) is 13.4. The van der Waals surface area contributed by atoms with Crippen molar-refractivity contribution in [1.29, 1.82) is 0 Å². The van der Waals surface area contributed by atoms with Gasteiger partial charge in [-0.25, -0.2) is 56.3 Å². The number of benzene rings is 3. The third-order valence-electron chi connectivity index (χ3n) is 14.9. The molecule has 4 saturated heterocycles. The minimum absolute atomic E-state index is 0.0433. The van der Waals surface area contributed by atoms with Crippen LogP contribution in [0.5, 0.6) is 5.75 Å². The molecule has 0 radical (unpaired) electrons. The molecule has 32 nitrogen and oxygen atoms in total. The van der Waals surface area contributed by atoms with Crippen molar-refractivity contribution in [2.75, 3.05) is 54.6 Å². The molecular weight excluding hydrogens is 1240 g/mol. The van der Waals surface area contributed by atoms with Gasteiger partial charge in [-0.05, 0) is 118 Å². The van der Waals surface area contributed by atoms with Crippen LogP contribution in [0.3, 0.4) is 0 Å². The first-order valence-electron chi connectivity index (χ1n) is 29.2. The van der Waals surface area contributed by atoms with E-state index in [1.807, 2.05) is 19.9 Å². The van der Waals surface area contributed by atoms with Crippen LogP contribution in [0.2, 0.25) is 0 Å². The number of nitrogen functional groups attached to an aromatic ring is 2. The molecule has 4 fully saturated rings. The number of anilines is 5. The van der Waals surface area contributed by atoms with Gasteiger partial charge in [-0.1, -0.05) is 24.3 Å². The number of amides is 5. The molecular formula is C58H75N17O15S2. The van der Waals surface area contributed by atoms with Crippen molar-refractivity contribution in [2.45, 2.75) is 152 Å². The van der Waals surface area contributed by atoms with Crippen LogP contribution in [0.1, 0.15) is 81.7 Å². The summed E-state index contributed by atoms with van der Waals surface area (Å²) in [6, 6.07) is 18.0. The van der Waals surface area contributed by atoms with Gasteiger partial charge in [-0.15, -0.1) is 0 Å². The molecule has 0 unspecified atom stereocenters. The Morgan fingerprint density at radius 2 is 1.10 bits per heavy atom. The maximum absolute atomic E-state index is 12.9. The van der Waals surface area contributed by atoms with Gasteiger partial charge in [0.2, 0.25) is 20.0 Å². The lowest BCUT2D eigenvalue weighted by Crippen LogP contribution is -2.42. The van der Waals surface area contributed by atoms with Crippen LogP contribution in [-0.2, 0) is 58.1 Å². The zero-order valence-electron chi connectivity index (χ0n) is 52.5. The van der Waals surface area contributed by atoms with E-state index >= 15 is 0 Å². The molecule has 0 spiro atoms. The fourth-order valence-electron chi connectivity index (χ4n) is 10.2. The number of sulfonamides is 2. The molecule has 0 saturated carbocycles. The number of rotatable bonds is 16. The number of nitrogens with one attached hydrogen (secondary N) is 5. The quantitative estimate of drug-likeness (QED) is 0.0631. The highest BCUT2D eigenvalue weighted by molar-refractivity contribution is 7.89. The topological polar surface area (TPSA) is 407 Å². The molecule has 11 rings (SSSR count). The summed E-state index contributed by atoms with van der Waals surface area (Å²) >= 11 is 0. The lowest BCUT2D eigenvalue weighted by atomic mass is 10.1. The van der Waals surface area contributed by atoms with Crippen molar-refractivity contribution in [3.8, 4) is 5.75 Å². The van der Waals surface area contributed by atoms with E-state index in [0.29, 0.717) is 41.3 Å². The van der Waals surface area contributed by atoms with Crippen LogP contribution >= 0.6 is 0 Å². The van der Waals surface area contributed by atoms with Gasteiger partial charge in [0.25, 0.3) is 11.8 Å². The van der Waals surface area contributed by atoms with E-state index in [2.05, 4.69) is 56.5 Å². The molecule has 494 valence electrons. The third kappa shape index (κ3) is 14.5. The highest BCUT2D eigenvalue weighted by atomic mass is 32.2. The van der Waals surface area contributed by atoms with Crippen molar-refractivity contribution in [2.24, 2.45) is 0 Å². The number of fused-ring (bicyclic) bond motifs is 4. The van der Waals surface area contributed by atoms with Crippen molar-refractivity contribution in [3.05, 3.63) is 98.1 Å². The molecule has 0 bridgehead atoms. The lowest BCUT2D eigenvalue weighted by molar-refractivity contribution is -0.198. The van der Waals surface area contributed by atoms with Crippen LogP contribution in [-0.4, -0.2) is 176 Å². The predicted octanol–water partition coefficient (Wildman–Crippen LogP) is 4.92. The van der Waals surface area contributed by atoms with Crippen molar-refractivity contribution in [3.63, 3.8) is 0 Å². The Labute approximate surface area is 530 Å². The fourth-order valence-corrected chi connectivity index (χ4v) is 13.1. The molecule has 4 aliphatic heterocycles. The van der Waals surface area contributed by atoms with Crippen LogP contribution < -0.4 is 42.8 Å². The number of likely N-dealkylation sites (N-methyl/N-ethyl adjacent to an activating group) is 2. The maximum Gasteiger partial charge on any atom is 0.418 e. The number of urea groups is 1. The highest BCUT2D eigenvalue weighted by Gasteiger charge is 2.60. The smallest absolute Gasteiger partial charge is 0.410 e. The molecule has 92 heavy (non-hydrogen) atoms. The van der Waals surface area contributed by atoms with E-state index < -0.39 is 92.8 Å². The first-order valence-corrected chi connectivity index (χ1v) is 32.1. The third-order valence-corrected chi connectivity index (χ3v) is 19.0. The molecule has 8 heterocycles. The number of carbonyl (C=O) groups is 4. The summed E-state index contributed by atoms with van der Waals surface area (Å²) in [5.74, 6) is -1.76. The van der Waals surface area contributed by atoms with E-state index in [-0.39, 0.29) is 62.2 Å². The Morgan fingerprint density at radius 1 is 0.609 bits per heavy atom. The Bertz CT molecular complexity index is 4080. The molecule has 4 aromatic heterocycles. The van der Waals surface area contributed by atoms with E-state index in [4.69, 9.17) is 44.6 Å². The SMILES string of the molecule is CC(C)N(C)S(=O)(=O)c1cc(N)ccc1N.CCNC(=O)[C@H]1O[C@@H](n2cnc3c(NC(=O)Nc4cccc(S(=O)(=O)N(C)C(C)C)c4)ncnc32)[C@@H]2OC(C)(C)O[C@@H]21.CCNC(=O)[C@H]1O[C@@H](n2cnc3c(NC(=O)Oc4ccccc4)ncnc32)[C@@H]2OC(C)(C)O[C@@H]21. The number of aromatic nitrogens is 8. The Balaban J connectivity index is 0.000000179. The second-order valence-electron chi connectivity index (χ2n) is 22.9. The van der Waals surface area contributed by atoms with Gasteiger partial charge < -0.3 is 60.6 Å². The summed E-state index contributed by atoms with van der Waals surface area (Å²) in [4.78, 5) is 76.4. The standard InChI is InChI=1S/C26H34N8O7S.C22H24N6O6.C10H17N3O2S/c1-7-27-23(35)19-18-20(41-26(4,5)40-18)24(39-19)34-13-30-17-21(28-12-29-22(17)34)32-25(36)31-15-9-8-10-16(11-15)42(37,38)33(6)14(2)3;1-4-23-19(29)15-14-16(34-22(2,3)33-14)20(32-15)28-11-26-13-17(24-10-25-18(13)28)27-21(30)31-12-8-6-5-7-9-12;1-7(2)13(3)16(14,15)10-6-8(11)4-5-9(10)12/h8-14,18-20,24H,7H2,1-6H3,(H,27,35)(H2,28,29,31,32,36);5-11,14-16,20H,4H2,1-3H3,(H,23,29)(H,24,25,27,30);4-7H,11-12H2,1-3H3/t18-,19+,20-,24-;14-,15+,16-,20-;/m11./s1. The Kier molecular flexibility index (Phi) is 20.1. The molecule has 5 amide bonds. The van der Waals surface area contributed by atoms with Crippen molar-refractivity contribution >= 4 is 95.0 Å². The van der Waals surface area contributed by atoms with E-state index in [9.17, 15) is 36.0 Å². The van der Waals surface area contributed by atoms with Gasteiger partial charge >= 0.3 is 12.1 Å². The van der Waals surface area contributed by atoms with Gasteiger partial charge in [-0.2, -0.15) is 8.61 Å². The van der Waals surface area contributed by atoms with Gasteiger partial charge in [-0.3, -0.25) is 29.4 Å². The molecule has 34 heteroatoms. The normalized spacial score (nSPS) is 22.1. The van der Waals surface area contributed by atoms with Crippen LogP contribution in [0.4, 0.5) is 38.3 Å². The largest absolute Gasteiger partial charge is 0.418 e. The number of imidazole rings is 2. The number of nitrogens with two attached hydrogens (primary N) is 2. The number of hydrogen-bond donors (Lipinski definition) is 7. The Hall–Kier alpha value is -8.58. The van der Waals surface area contributed by atoms with Crippen LogP contribution in [0, 0.1) is 0 Å². The van der Waals surface area contributed by atoms with Gasteiger partial charge in [0.05, 0.1) is 23.2 Å². The van der Waals surface area contributed by atoms with Gasteiger partial charge in [0.1, 0.15) is 47.7 Å². The van der Waals surface area contributed by atoms with Crippen LogP contribution in [0.15, 0.2) is 108 Å². The van der Waals surface area contributed by atoms with Crippen molar-refractivity contribution in [1.82, 2.24) is 58.3 Å². The summed E-state index contributed by atoms with van der Waals surface area (Å²) < 4.78 is 97.4. The average Bonchev–Trinajstić information content (AvgIpc) is 1.59. The first kappa shape index (κ1) is 67.8. The van der Waals surface area contributed by atoms with Gasteiger partial charge in [0, 0.05) is 50.6 Å². The zero-order chi connectivity index (χ0) is 66.8. The van der Waals surface area contributed by atoms with Crippen LogP contribution in [0.25, 0.3) is 22.3 Å². The molecule has 7 aromatic rings. The van der Waals surface area contributed by atoms with E-state index in [1.165, 1.54) is 72.3 Å². The molecule has 3 aromatic carbocycles. The number of para-hydroxylation sites is 1. The summed E-state index contributed by atoms with van der Waals surface area (Å²) in [6.07, 6.45) is -0.958. The number of ether oxygens (including phenoxy) is 7. The van der Waals surface area contributed by atoms with E-state index in [0.717, 1.165) is 0 Å². The molecule has 4 aliphatic rings. The fraction of sp³-hybridized carbons (Fsp3) is 0.448. The van der Waals surface area contributed by atoms with Gasteiger partial charge in [0.15, 0.2) is 70.2 Å². The minimum atomic E-state index is -3.74. The monoisotopic (exact) mass is 1310 g/mol. The lowest BCUT2D eigenvalue weighted by Gasteiger charge is -2.24. The molecule has 8 atom stereocenters. The zero-order valence-corrected chi connectivity index (χ0v) is 54.1. The molecule has 9 N–H and O–H groups in total. The number of carbonyl (C=O) groups excluding carboxylic acids is 4. The first-order chi connectivity index (χ1) is 43.4. The second-order valence-corrected chi connectivity index (χ2v) is 26.8. The van der Waals surface area contributed by atoms with Crippen molar-refractivity contribution < 1.29 is 69.2 Å². The number of nitrogens with zero attached hydrogens (tertiary/aromatic N) is 10. The highest BCUT2D eigenvalue weighted by Crippen LogP contribution is 2.46. The average molecular weight is 1310 g/mol. The summed E-state index contributed by atoms with van der Waals surface area (Å²) in [5, 5.41) is 13.4. The predicted molar refractivity (Wildman–Crippen MR) is 334 cm³/mol. The Morgan fingerprint density at radius 3 is 1.60 bits per heavy atom. The maximum atomic E-state index is 12.9. The summed E-state index contributed by atoms with van der Waals surface area (Å²) in [7, 11) is -4.29. The molecule has 0 aliphatic carbocycles. The second kappa shape index (κ2) is 27.3. The minimum Gasteiger partial charge on any atom is -0.410 e. The summed E-state index contributed by atoms with van der Waals surface area (Å²) in [6.45, 7) is 18.7. The van der Waals surface area contributed by atoms with E-state index in [1.54, 1.807) is 107 Å².